The standard InChI is InChI=1S/C17H34N2/c1-17(2,3)15-9-4-5-10-16(15)18-11-8-14-19-12-6-7-13-19/h15-16,18H,4-14H2,1-3H3. The van der Waals surface area contributed by atoms with Crippen LogP contribution in [0.3, 0.4) is 0 Å². The van der Waals surface area contributed by atoms with Gasteiger partial charge in [-0.15, -0.1) is 0 Å². The highest BCUT2D eigenvalue weighted by molar-refractivity contribution is 4.88. The topological polar surface area (TPSA) is 15.3 Å². The van der Waals surface area contributed by atoms with Crippen molar-refractivity contribution in [1.82, 2.24) is 10.2 Å². The molecule has 2 heteroatoms. The Kier molecular flexibility index (Phi) is 5.70. The summed E-state index contributed by atoms with van der Waals surface area (Å²) in [6, 6.07) is 0.771. The predicted octanol–water partition coefficient (Wildman–Crippen LogP) is 3.67. The SMILES string of the molecule is CC(C)(C)C1CCCCC1NCCCN1CCCC1. The average molecular weight is 266 g/mol. The summed E-state index contributed by atoms with van der Waals surface area (Å²) >= 11 is 0. The van der Waals surface area contributed by atoms with E-state index in [0.29, 0.717) is 5.41 Å². The fourth-order valence-electron chi connectivity index (χ4n) is 4.01. The third-order valence-electron chi connectivity index (χ3n) is 5.13. The summed E-state index contributed by atoms with van der Waals surface area (Å²) in [4.78, 5) is 2.63. The van der Waals surface area contributed by atoms with Crippen LogP contribution in [0.2, 0.25) is 0 Å². The Bertz CT molecular complexity index is 250. The summed E-state index contributed by atoms with van der Waals surface area (Å²) in [5.41, 5.74) is 0.465. The summed E-state index contributed by atoms with van der Waals surface area (Å²) in [5, 5.41) is 3.88. The van der Waals surface area contributed by atoms with Crippen LogP contribution in [0.4, 0.5) is 0 Å². The molecule has 2 nitrogen and oxygen atoms in total. The molecule has 1 saturated heterocycles. The van der Waals surface area contributed by atoms with E-state index in [1.54, 1.807) is 0 Å². The molecule has 0 radical (unpaired) electrons. The predicted molar refractivity (Wildman–Crippen MR) is 83.5 cm³/mol. The Hall–Kier alpha value is -0.0800. The molecule has 0 aromatic carbocycles. The van der Waals surface area contributed by atoms with Crippen molar-refractivity contribution in [3.05, 3.63) is 0 Å². The van der Waals surface area contributed by atoms with E-state index in [1.807, 2.05) is 0 Å². The third kappa shape index (κ3) is 4.75. The molecule has 2 unspecified atom stereocenters. The number of likely N-dealkylation sites (tertiary alicyclic amines) is 1. The van der Waals surface area contributed by atoms with Crippen LogP contribution < -0.4 is 5.32 Å². The molecule has 1 aliphatic heterocycles. The normalized spacial score (nSPS) is 29.8. The second kappa shape index (κ2) is 7.08. The second-order valence-electron chi connectivity index (χ2n) is 7.72. The lowest BCUT2D eigenvalue weighted by molar-refractivity contribution is 0.130. The van der Waals surface area contributed by atoms with Gasteiger partial charge in [-0.05, 0) is 69.6 Å². The highest BCUT2D eigenvalue weighted by atomic mass is 15.1. The van der Waals surface area contributed by atoms with Crippen LogP contribution in [0.1, 0.15) is 65.7 Å². The van der Waals surface area contributed by atoms with Gasteiger partial charge in [-0.1, -0.05) is 33.6 Å². The second-order valence-corrected chi connectivity index (χ2v) is 7.72. The maximum atomic E-state index is 3.88. The molecule has 0 spiro atoms. The number of hydrogen-bond donors (Lipinski definition) is 1. The van der Waals surface area contributed by atoms with E-state index in [0.717, 1.165) is 12.0 Å². The van der Waals surface area contributed by atoms with E-state index in [-0.39, 0.29) is 0 Å². The lowest BCUT2D eigenvalue weighted by Crippen LogP contribution is -2.45. The molecule has 0 aromatic rings. The first-order chi connectivity index (χ1) is 9.07. The zero-order chi connectivity index (χ0) is 13.7. The maximum absolute atomic E-state index is 3.88. The number of nitrogens with zero attached hydrogens (tertiary/aromatic N) is 1. The van der Waals surface area contributed by atoms with Gasteiger partial charge in [0.05, 0.1) is 0 Å². The van der Waals surface area contributed by atoms with Crippen LogP contribution in [-0.4, -0.2) is 37.1 Å². The first-order valence-electron chi connectivity index (χ1n) is 8.53. The van der Waals surface area contributed by atoms with E-state index in [4.69, 9.17) is 0 Å². The Labute approximate surface area is 120 Å². The molecule has 1 aliphatic carbocycles. The van der Waals surface area contributed by atoms with Crippen LogP contribution in [0.5, 0.6) is 0 Å². The Morgan fingerprint density at radius 1 is 1.00 bits per heavy atom. The third-order valence-corrected chi connectivity index (χ3v) is 5.13. The molecule has 2 aliphatic rings. The summed E-state index contributed by atoms with van der Waals surface area (Å²) in [6.07, 6.45) is 9.85. The van der Waals surface area contributed by atoms with E-state index in [2.05, 4.69) is 31.0 Å². The first kappa shape index (κ1) is 15.3. The smallest absolute Gasteiger partial charge is 0.0100 e. The largest absolute Gasteiger partial charge is 0.314 e. The lowest BCUT2D eigenvalue weighted by Gasteiger charge is -2.41. The molecule has 0 aromatic heterocycles. The van der Waals surface area contributed by atoms with E-state index in [9.17, 15) is 0 Å². The van der Waals surface area contributed by atoms with Gasteiger partial charge in [-0.25, -0.2) is 0 Å². The quantitative estimate of drug-likeness (QED) is 0.764. The van der Waals surface area contributed by atoms with Gasteiger partial charge in [0.2, 0.25) is 0 Å². The molecular formula is C17H34N2. The zero-order valence-electron chi connectivity index (χ0n) is 13.4. The van der Waals surface area contributed by atoms with Crippen molar-refractivity contribution in [2.75, 3.05) is 26.2 Å². The van der Waals surface area contributed by atoms with Crippen LogP contribution in [-0.2, 0) is 0 Å². The molecule has 112 valence electrons. The minimum Gasteiger partial charge on any atom is -0.314 e. The van der Waals surface area contributed by atoms with Crippen molar-refractivity contribution in [2.45, 2.75) is 71.8 Å². The van der Waals surface area contributed by atoms with Gasteiger partial charge in [0.1, 0.15) is 0 Å². The molecule has 1 N–H and O–H groups in total. The Morgan fingerprint density at radius 3 is 2.37 bits per heavy atom. The van der Waals surface area contributed by atoms with Crippen molar-refractivity contribution < 1.29 is 0 Å². The van der Waals surface area contributed by atoms with E-state index >= 15 is 0 Å². The van der Waals surface area contributed by atoms with Gasteiger partial charge < -0.3 is 10.2 Å². The molecule has 19 heavy (non-hydrogen) atoms. The highest BCUT2D eigenvalue weighted by Crippen LogP contribution is 2.37. The molecular weight excluding hydrogens is 232 g/mol. The monoisotopic (exact) mass is 266 g/mol. The molecule has 2 rings (SSSR count). The van der Waals surface area contributed by atoms with Crippen LogP contribution >= 0.6 is 0 Å². The fourth-order valence-corrected chi connectivity index (χ4v) is 4.01. The fraction of sp³-hybridized carbons (Fsp3) is 1.00. The van der Waals surface area contributed by atoms with Gasteiger partial charge >= 0.3 is 0 Å². The number of rotatable bonds is 5. The van der Waals surface area contributed by atoms with Crippen molar-refractivity contribution >= 4 is 0 Å². The minimum atomic E-state index is 0.465. The van der Waals surface area contributed by atoms with Gasteiger partial charge in [-0.2, -0.15) is 0 Å². The maximum Gasteiger partial charge on any atom is 0.0100 e. The molecule has 0 amide bonds. The molecule has 0 bridgehead atoms. The summed E-state index contributed by atoms with van der Waals surface area (Å²) in [7, 11) is 0. The minimum absolute atomic E-state index is 0.465. The number of hydrogen-bond acceptors (Lipinski definition) is 2. The molecule has 1 heterocycles. The van der Waals surface area contributed by atoms with Gasteiger partial charge in [0.15, 0.2) is 0 Å². The molecule has 2 atom stereocenters. The zero-order valence-corrected chi connectivity index (χ0v) is 13.4. The average Bonchev–Trinajstić information content (AvgIpc) is 2.87. The summed E-state index contributed by atoms with van der Waals surface area (Å²) in [5.74, 6) is 0.869. The van der Waals surface area contributed by atoms with E-state index in [1.165, 1.54) is 71.1 Å². The van der Waals surface area contributed by atoms with E-state index < -0.39 is 0 Å². The van der Waals surface area contributed by atoms with Crippen molar-refractivity contribution in [1.29, 1.82) is 0 Å². The van der Waals surface area contributed by atoms with Crippen molar-refractivity contribution in [3.63, 3.8) is 0 Å². The molecule has 1 saturated carbocycles. The van der Waals surface area contributed by atoms with Crippen LogP contribution in [0.15, 0.2) is 0 Å². The highest BCUT2D eigenvalue weighted by Gasteiger charge is 2.33. The van der Waals surface area contributed by atoms with Crippen LogP contribution in [0.25, 0.3) is 0 Å². The summed E-state index contributed by atoms with van der Waals surface area (Å²) in [6.45, 7) is 12.5. The van der Waals surface area contributed by atoms with Crippen molar-refractivity contribution in [2.24, 2.45) is 11.3 Å². The first-order valence-corrected chi connectivity index (χ1v) is 8.53. The lowest BCUT2D eigenvalue weighted by atomic mass is 9.69. The molecule has 2 fully saturated rings. The Balaban J connectivity index is 1.67. The summed E-state index contributed by atoms with van der Waals surface area (Å²) < 4.78 is 0. The van der Waals surface area contributed by atoms with Crippen LogP contribution in [0, 0.1) is 11.3 Å². The van der Waals surface area contributed by atoms with Gasteiger partial charge in [0, 0.05) is 6.04 Å². The van der Waals surface area contributed by atoms with Crippen molar-refractivity contribution in [3.8, 4) is 0 Å². The van der Waals surface area contributed by atoms with Gasteiger partial charge in [0.25, 0.3) is 0 Å². The van der Waals surface area contributed by atoms with Gasteiger partial charge in [-0.3, -0.25) is 0 Å². The Morgan fingerprint density at radius 2 is 1.68 bits per heavy atom. The number of nitrogens with one attached hydrogen (secondary N) is 1.